The van der Waals surface area contributed by atoms with Crippen LogP contribution in [0, 0.1) is 10.8 Å². The van der Waals surface area contributed by atoms with Crippen molar-refractivity contribution in [2.24, 2.45) is 10.8 Å². The van der Waals surface area contributed by atoms with E-state index in [9.17, 15) is 31.5 Å². The Morgan fingerprint density at radius 2 is 1.52 bits per heavy atom. The molecule has 5 aliphatic rings. The number of nitrogens with zero attached hydrogens (tertiary/aromatic N) is 4. The largest absolute Gasteiger partial charge is 0.416 e. The van der Waals surface area contributed by atoms with Gasteiger partial charge in [-0.15, -0.1) is 0 Å². The van der Waals surface area contributed by atoms with Gasteiger partial charge in [0.15, 0.2) is 15.7 Å². The molecular formula is C27H32F3N5O4S. The number of H-pyrrole nitrogens is 1. The van der Waals surface area contributed by atoms with Gasteiger partial charge in [0.25, 0.3) is 0 Å². The number of carbonyl (C=O) groups excluding carboxylic acids is 1. The molecule has 0 bridgehead atoms. The zero-order valence-corrected chi connectivity index (χ0v) is 22.8. The lowest BCUT2D eigenvalue weighted by Gasteiger charge is -2.61. The van der Waals surface area contributed by atoms with E-state index in [4.69, 9.17) is 0 Å². The Kier molecular flexibility index (Phi) is 5.53. The molecule has 2 amide bonds. The number of amides is 2. The number of hydrogen-bond acceptors (Lipinski definition) is 6. The van der Waals surface area contributed by atoms with E-state index in [0.29, 0.717) is 57.4 Å². The highest BCUT2D eigenvalue weighted by atomic mass is 32.2. The SMILES string of the molecule is O=C(N1CC2(CCC(S(=O)(=O)c3ccc(C(F)(F)F)cc3)CC2)C1)N1CC2(CC(c3nc(C4(O)CC4)n[nH]3)C2)C1. The van der Waals surface area contributed by atoms with Gasteiger partial charge in [-0.3, -0.25) is 5.10 Å². The van der Waals surface area contributed by atoms with Crippen molar-refractivity contribution >= 4 is 15.9 Å². The summed E-state index contributed by atoms with van der Waals surface area (Å²) in [5.41, 5.74) is -1.64. The average molecular weight is 580 g/mol. The highest BCUT2D eigenvalue weighted by molar-refractivity contribution is 7.92. The zero-order valence-electron chi connectivity index (χ0n) is 22.0. The number of aliphatic hydroxyl groups is 1. The van der Waals surface area contributed by atoms with Crippen LogP contribution in [0.15, 0.2) is 29.2 Å². The van der Waals surface area contributed by atoms with Gasteiger partial charge in [-0.2, -0.15) is 18.3 Å². The molecule has 9 nitrogen and oxygen atoms in total. The van der Waals surface area contributed by atoms with Gasteiger partial charge in [0, 0.05) is 42.9 Å². The molecule has 216 valence electrons. The molecule has 2 spiro atoms. The Bertz CT molecular complexity index is 1420. The number of hydrogen-bond donors (Lipinski definition) is 2. The minimum absolute atomic E-state index is 0.0390. The van der Waals surface area contributed by atoms with Gasteiger partial charge in [-0.05, 0) is 75.6 Å². The molecule has 0 radical (unpaired) electrons. The third kappa shape index (κ3) is 4.22. The first-order chi connectivity index (χ1) is 18.8. The number of halogens is 3. The molecule has 2 aliphatic heterocycles. The van der Waals surface area contributed by atoms with E-state index in [1.807, 2.05) is 9.80 Å². The predicted octanol–water partition coefficient (Wildman–Crippen LogP) is 3.82. The van der Waals surface area contributed by atoms with Gasteiger partial charge in [0.2, 0.25) is 0 Å². The minimum Gasteiger partial charge on any atom is -0.382 e. The van der Waals surface area contributed by atoms with E-state index in [0.717, 1.165) is 56.0 Å². The molecule has 2 N–H and O–H groups in total. The predicted molar refractivity (Wildman–Crippen MR) is 136 cm³/mol. The van der Waals surface area contributed by atoms with Gasteiger partial charge in [0.05, 0.1) is 15.7 Å². The van der Waals surface area contributed by atoms with Crippen molar-refractivity contribution in [3.05, 3.63) is 41.5 Å². The fraction of sp³-hybridized carbons (Fsp3) is 0.667. The summed E-state index contributed by atoms with van der Waals surface area (Å²) in [6.45, 7) is 2.69. The molecule has 3 heterocycles. The van der Waals surface area contributed by atoms with Crippen LogP contribution < -0.4 is 0 Å². The molecule has 40 heavy (non-hydrogen) atoms. The fourth-order valence-electron chi connectivity index (χ4n) is 7.30. The van der Waals surface area contributed by atoms with Gasteiger partial charge < -0.3 is 14.9 Å². The van der Waals surface area contributed by atoms with Crippen LogP contribution in [0.3, 0.4) is 0 Å². The summed E-state index contributed by atoms with van der Waals surface area (Å²) in [5.74, 6) is 1.60. The van der Waals surface area contributed by atoms with Crippen molar-refractivity contribution in [2.75, 3.05) is 26.2 Å². The summed E-state index contributed by atoms with van der Waals surface area (Å²) in [4.78, 5) is 21.2. The van der Waals surface area contributed by atoms with Gasteiger partial charge in [0.1, 0.15) is 11.4 Å². The summed E-state index contributed by atoms with van der Waals surface area (Å²) in [5, 5.41) is 16.7. The van der Waals surface area contributed by atoms with E-state index >= 15 is 0 Å². The number of rotatable bonds is 4. The van der Waals surface area contributed by atoms with Crippen LogP contribution in [-0.2, 0) is 21.6 Å². The molecule has 1 aromatic carbocycles. The topological polar surface area (TPSA) is 119 Å². The van der Waals surface area contributed by atoms with Gasteiger partial charge >= 0.3 is 12.2 Å². The third-order valence-electron chi connectivity index (χ3n) is 9.98. The number of aromatic amines is 1. The Balaban J connectivity index is 0.874. The van der Waals surface area contributed by atoms with Crippen molar-refractivity contribution < 1.29 is 31.5 Å². The maximum atomic E-state index is 13.1. The summed E-state index contributed by atoms with van der Waals surface area (Å²) in [6.07, 6.45) is 1.05. The monoisotopic (exact) mass is 579 g/mol. The number of likely N-dealkylation sites (tertiary alicyclic amines) is 2. The fourth-order valence-corrected chi connectivity index (χ4v) is 9.05. The Morgan fingerprint density at radius 1 is 0.950 bits per heavy atom. The number of sulfone groups is 1. The zero-order chi connectivity index (χ0) is 28.1. The molecule has 0 atom stereocenters. The maximum absolute atomic E-state index is 13.1. The molecule has 3 saturated carbocycles. The highest BCUT2D eigenvalue weighted by Crippen LogP contribution is 2.56. The minimum atomic E-state index is -4.51. The maximum Gasteiger partial charge on any atom is 0.416 e. The second kappa shape index (κ2) is 8.43. The van der Waals surface area contributed by atoms with Crippen molar-refractivity contribution in [1.29, 1.82) is 0 Å². The molecule has 2 saturated heterocycles. The number of benzene rings is 1. The van der Waals surface area contributed by atoms with Crippen molar-refractivity contribution in [3.63, 3.8) is 0 Å². The number of carbonyl (C=O) groups is 1. The number of aromatic nitrogens is 3. The van der Waals surface area contributed by atoms with Gasteiger partial charge in [-0.25, -0.2) is 18.2 Å². The van der Waals surface area contributed by atoms with Crippen LogP contribution in [-0.4, -0.2) is 76.0 Å². The quantitative estimate of drug-likeness (QED) is 0.569. The normalized spacial score (nSPS) is 25.4. The van der Waals surface area contributed by atoms with Gasteiger partial charge in [-0.1, -0.05) is 0 Å². The smallest absolute Gasteiger partial charge is 0.382 e. The number of nitrogens with one attached hydrogen (secondary N) is 1. The molecular weight excluding hydrogens is 547 g/mol. The summed E-state index contributed by atoms with van der Waals surface area (Å²) < 4.78 is 64.7. The van der Waals surface area contributed by atoms with E-state index in [1.165, 1.54) is 0 Å². The molecule has 2 aromatic rings. The van der Waals surface area contributed by atoms with Crippen LogP contribution in [0.4, 0.5) is 18.0 Å². The van der Waals surface area contributed by atoms with Crippen molar-refractivity contribution in [3.8, 4) is 0 Å². The first-order valence-electron chi connectivity index (χ1n) is 13.9. The molecule has 13 heteroatoms. The molecule has 7 rings (SSSR count). The third-order valence-corrected chi connectivity index (χ3v) is 12.3. The van der Waals surface area contributed by atoms with E-state index in [2.05, 4.69) is 15.2 Å². The van der Waals surface area contributed by atoms with Crippen LogP contribution in [0.1, 0.15) is 74.5 Å². The standard InChI is InChI=1S/C27H32F3N5O4S/c28-27(29,30)18-1-3-19(4-2-18)40(38,39)20-5-7-24(8-6-20)13-34(14-24)23(36)35-15-25(16-35)11-17(12-25)21-31-22(33-32-21)26(37)9-10-26/h1-4,17,20,37H,5-16H2,(H,31,32,33). The lowest BCUT2D eigenvalue weighted by molar-refractivity contribution is -0.137. The molecule has 5 fully saturated rings. The van der Waals surface area contributed by atoms with Crippen LogP contribution in [0.5, 0.6) is 0 Å². The van der Waals surface area contributed by atoms with Crippen LogP contribution in [0.25, 0.3) is 0 Å². The lowest BCUT2D eigenvalue weighted by Crippen LogP contribution is -2.69. The van der Waals surface area contributed by atoms with Crippen molar-refractivity contribution in [2.45, 2.75) is 79.2 Å². The first-order valence-corrected chi connectivity index (χ1v) is 15.4. The van der Waals surface area contributed by atoms with Crippen LogP contribution in [0.2, 0.25) is 0 Å². The van der Waals surface area contributed by atoms with Crippen LogP contribution >= 0.6 is 0 Å². The Morgan fingerprint density at radius 3 is 2.08 bits per heavy atom. The second-order valence-electron chi connectivity index (χ2n) is 12.9. The molecule has 3 aliphatic carbocycles. The lowest BCUT2D eigenvalue weighted by atomic mass is 9.57. The highest BCUT2D eigenvalue weighted by Gasteiger charge is 2.57. The van der Waals surface area contributed by atoms with E-state index in [-0.39, 0.29) is 27.7 Å². The van der Waals surface area contributed by atoms with Crippen molar-refractivity contribution in [1.82, 2.24) is 25.0 Å². The second-order valence-corrected chi connectivity index (χ2v) is 15.2. The number of alkyl halides is 3. The van der Waals surface area contributed by atoms with E-state index < -0.39 is 32.4 Å². The average Bonchev–Trinajstić information content (AvgIpc) is 3.40. The molecule has 1 aromatic heterocycles. The summed E-state index contributed by atoms with van der Waals surface area (Å²) >= 11 is 0. The Hall–Kier alpha value is -2.67. The summed E-state index contributed by atoms with van der Waals surface area (Å²) in [6, 6.07) is 3.78. The Labute approximate surface area is 230 Å². The summed E-state index contributed by atoms with van der Waals surface area (Å²) in [7, 11) is -3.71. The molecule has 0 unspecified atom stereocenters. The first kappa shape index (κ1) is 26.2. The number of urea groups is 1. The van der Waals surface area contributed by atoms with E-state index in [1.54, 1.807) is 0 Å².